The zero-order valence-corrected chi connectivity index (χ0v) is 20.0. The lowest BCUT2D eigenvalue weighted by molar-refractivity contribution is -0.157. The number of benzene rings is 1. The summed E-state index contributed by atoms with van der Waals surface area (Å²) in [6.07, 6.45) is 2.79. The number of nitrogens with one attached hydrogen (secondary N) is 1. The summed E-state index contributed by atoms with van der Waals surface area (Å²) in [6.45, 7) is 12.3. The maximum atomic E-state index is 13.2. The van der Waals surface area contributed by atoms with E-state index in [4.69, 9.17) is 9.47 Å². The standard InChI is InChI=1S/C25H35N3O4/c1-24(2,3)31-22(29)21(27-19-11-7-9-17-10-8-14-26-20(17)19)18-12-15-28(16-13-18)23(30)32-25(4,5)6/h7-11,14,18,21,27H,12-13,15-16H2,1-6H3/t21-/m1/s1. The molecule has 0 aliphatic carbocycles. The topological polar surface area (TPSA) is 80.8 Å². The van der Waals surface area contributed by atoms with Crippen LogP contribution in [0.25, 0.3) is 10.9 Å². The summed E-state index contributed by atoms with van der Waals surface area (Å²) < 4.78 is 11.3. The van der Waals surface area contributed by atoms with Gasteiger partial charge in [0.2, 0.25) is 0 Å². The average molecular weight is 442 g/mol. The second kappa shape index (κ2) is 9.35. The van der Waals surface area contributed by atoms with Gasteiger partial charge in [-0.15, -0.1) is 0 Å². The molecule has 1 N–H and O–H groups in total. The fraction of sp³-hybridized carbons (Fsp3) is 0.560. The molecule has 3 rings (SSSR count). The van der Waals surface area contributed by atoms with E-state index in [0.717, 1.165) is 16.6 Å². The lowest BCUT2D eigenvalue weighted by Crippen LogP contribution is -2.48. The van der Waals surface area contributed by atoms with Crippen molar-refractivity contribution in [3.63, 3.8) is 0 Å². The van der Waals surface area contributed by atoms with E-state index in [1.807, 2.05) is 71.9 Å². The first-order valence-corrected chi connectivity index (χ1v) is 11.2. The number of piperidine rings is 1. The molecule has 7 nitrogen and oxygen atoms in total. The van der Waals surface area contributed by atoms with Crippen LogP contribution < -0.4 is 5.32 Å². The minimum atomic E-state index is -0.592. The number of fused-ring (bicyclic) bond motifs is 1. The third-order valence-electron chi connectivity index (χ3n) is 5.27. The SMILES string of the molecule is CC(C)(C)OC(=O)[C@H](Nc1cccc2cccnc12)C1CCN(C(=O)OC(C)(C)C)CC1. The van der Waals surface area contributed by atoms with Crippen LogP contribution >= 0.6 is 0 Å². The number of hydrogen-bond donors (Lipinski definition) is 1. The van der Waals surface area contributed by atoms with Crippen LogP contribution in [0.3, 0.4) is 0 Å². The fourth-order valence-corrected chi connectivity index (χ4v) is 3.86. The highest BCUT2D eigenvalue weighted by Gasteiger charge is 2.36. The van der Waals surface area contributed by atoms with Crippen LogP contribution in [-0.2, 0) is 14.3 Å². The van der Waals surface area contributed by atoms with Gasteiger partial charge in [-0.2, -0.15) is 0 Å². The minimum absolute atomic E-state index is 0.0162. The van der Waals surface area contributed by atoms with Crippen LogP contribution in [0.1, 0.15) is 54.4 Å². The van der Waals surface area contributed by atoms with Gasteiger partial charge >= 0.3 is 12.1 Å². The van der Waals surface area contributed by atoms with Gasteiger partial charge in [-0.1, -0.05) is 18.2 Å². The Kier molecular flexibility index (Phi) is 6.96. The molecule has 1 atom stereocenters. The Hall–Kier alpha value is -2.83. The van der Waals surface area contributed by atoms with Crippen LogP contribution in [-0.4, -0.2) is 52.3 Å². The summed E-state index contributed by atoms with van der Waals surface area (Å²) >= 11 is 0. The molecule has 174 valence electrons. The maximum absolute atomic E-state index is 13.2. The lowest BCUT2D eigenvalue weighted by atomic mass is 9.89. The molecule has 2 aromatic rings. The van der Waals surface area contributed by atoms with Crippen LogP contribution in [0, 0.1) is 5.92 Å². The zero-order valence-electron chi connectivity index (χ0n) is 20.0. The van der Waals surface area contributed by atoms with Crippen LogP contribution in [0.4, 0.5) is 10.5 Å². The summed E-state index contributed by atoms with van der Waals surface area (Å²) in [4.78, 5) is 31.8. The molecular weight excluding hydrogens is 406 g/mol. The van der Waals surface area contributed by atoms with E-state index in [1.165, 1.54) is 0 Å². The fourth-order valence-electron chi connectivity index (χ4n) is 3.86. The van der Waals surface area contributed by atoms with Gasteiger partial charge in [0.25, 0.3) is 0 Å². The van der Waals surface area contributed by atoms with Gasteiger partial charge in [-0.25, -0.2) is 9.59 Å². The highest BCUT2D eigenvalue weighted by atomic mass is 16.6. The molecule has 1 saturated heterocycles. The lowest BCUT2D eigenvalue weighted by Gasteiger charge is -2.37. The molecule has 0 saturated carbocycles. The van der Waals surface area contributed by atoms with Gasteiger partial charge in [0.15, 0.2) is 0 Å². The van der Waals surface area contributed by atoms with Crippen LogP contribution in [0.15, 0.2) is 36.5 Å². The number of carbonyl (C=O) groups is 2. The predicted molar refractivity (Wildman–Crippen MR) is 126 cm³/mol. The normalized spacial score (nSPS) is 16.5. The van der Waals surface area contributed by atoms with E-state index in [2.05, 4.69) is 10.3 Å². The Labute approximate surface area is 190 Å². The second-order valence-electron chi connectivity index (χ2n) is 10.3. The van der Waals surface area contributed by atoms with Gasteiger partial charge in [-0.05, 0) is 72.4 Å². The first kappa shape index (κ1) is 23.8. The Balaban J connectivity index is 1.78. The van der Waals surface area contributed by atoms with Crippen molar-refractivity contribution < 1.29 is 19.1 Å². The number of pyridine rings is 1. The van der Waals surface area contributed by atoms with Gasteiger partial charge in [0, 0.05) is 24.7 Å². The van der Waals surface area contributed by atoms with Crippen molar-refractivity contribution in [2.75, 3.05) is 18.4 Å². The van der Waals surface area contributed by atoms with Gasteiger partial charge in [0.1, 0.15) is 17.2 Å². The number of ether oxygens (including phenoxy) is 2. The van der Waals surface area contributed by atoms with Crippen molar-refractivity contribution in [3.05, 3.63) is 36.5 Å². The summed E-state index contributed by atoms with van der Waals surface area (Å²) in [5.41, 5.74) is 0.490. The molecule has 1 amide bonds. The summed E-state index contributed by atoms with van der Waals surface area (Å²) in [7, 11) is 0. The van der Waals surface area contributed by atoms with Gasteiger partial charge < -0.3 is 19.7 Å². The molecule has 32 heavy (non-hydrogen) atoms. The van der Waals surface area contributed by atoms with E-state index >= 15 is 0 Å². The number of para-hydroxylation sites is 1. The monoisotopic (exact) mass is 441 g/mol. The Morgan fingerprint density at radius 1 is 1.00 bits per heavy atom. The minimum Gasteiger partial charge on any atom is -0.458 e. The molecule has 0 spiro atoms. The number of likely N-dealkylation sites (tertiary alicyclic amines) is 1. The number of anilines is 1. The third-order valence-corrected chi connectivity index (χ3v) is 5.27. The van der Waals surface area contributed by atoms with Crippen LogP contribution in [0.5, 0.6) is 0 Å². The van der Waals surface area contributed by atoms with Crippen molar-refractivity contribution in [3.8, 4) is 0 Å². The van der Waals surface area contributed by atoms with Crippen molar-refractivity contribution >= 4 is 28.7 Å². The van der Waals surface area contributed by atoms with Crippen LogP contribution in [0.2, 0.25) is 0 Å². The molecular formula is C25H35N3O4. The maximum Gasteiger partial charge on any atom is 0.410 e. The first-order valence-electron chi connectivity index (χ1n) is 11.2. The molecule has 0 unspecified atom stereocenters. The number of esters is 1. The zero-order chi connectivity index (χ0) is 23.5. The Bertz CT molecular complexity index is 948. The van der Waals surface area contributed by atoms with Gasteiger partial charge in [-0.3, -0.25) is 4.98 Å². The van der Waals surface area contributed by atoms with Crippen molar-refractivity contribution in [2.45, 2.75) is 71.6 Å². The highest BCUT2D eigenvalue weighted by Crippen LogP contribution is 2.29. The number of aromatic nitrogens is 1. The molecule has 1 aliphatic heterocycles. The number of amides is 1. The van der Waals surface area contributed by atoms with E-state index < -0.39 is 17.2 Å². The average Bonchev–Trinajstić information content (AvgIpc) is 2.69. The quantitative estimate of drug-likeness (QED) is 0.672. The molecule has 0 bridgehead atoms. The largest absolute Gasteiger partial charge is 0.458 e. The predicted octanol–water partition coefficient (Wildman–Crippen LogP) is 5.00. The Morgan fingerprint density at radius 3 is 2.25 bits per heavy atom. The van der Waals surface area contributed by atoms with Crippen molar-refractivity contribution in [2.24, 2.45) is 5.92 Å². The first-order chi connectivity index (χ1) is 14.9. The van der Waals surface area contributed by atoms with Crippen molar-refractivity contribution in [1.29, 1.82) is 0 Å². The number of rotatable bonds is 4. The third kappa shape index (κ3) is 6.34. The van der Waals surface area contributed by atoms with E-state index in [1.54, 1.807) is 11.1 Å². The van der Waals surface area contributed by atoms with Gasteiger partial charge in [0.05, 0.1) is 11.2 Å². The number of hydrogen-bond acceptors (Lipinski definition) is 6. The van der Waals surface area contributed by atoms with Crippen molar-refractivity contribution in [1.82, 2.24) is 9.88 Å². The second-order valence-corrected chi connectivity index (χ2v) is 10.3. The molecule has 2 heterocycles. The smallest absolute Gasteiger partial charge is 0.410 e. The molecule has 7 heteroatoms. The highest BCUT2D eigenvalue weighted by molar-refractivity contribution is 5.92. The number of carbonyl (C=O) groups excluding carboxylic acids is 2. The Morgan fingerprint density at radius 2 is 1.62 bits per heavy atom. The summed E-state index contributed by atoms with van der Waals surface area (Å²) in [5.74, 6) is -0.274. The summed E-state index contributed by atoms with van der Waals surface area (Å²) in [5, 5.41) is 4.42. The molecule has 0 radical (unpaired) electrons. The molecule has 1 aliphatic rings. The van der Waals surface area contributed by atoms with E-state index in [-0.39, 0.29) is 18.0 Å². The molecule has 1 fully saturated rings. The van der Waals surface area contributed by atoms with E-state index in [9.17, 15) is 9.59 Å². The summed E-state index contributed by atoms with van der Waals surface area (Å²) in [6, 6.07) is 9.23. The molecule has 1 aromatic carbocycles. The number of nitrogens with zero attached hydrogens (tertiary/aromatic N) is 2. The van der Waals surface area contributed by atoms with E-state index in [0.29, 0.717) is 25.9 Å². The molecule has 1 aromatic heterocycles.